The minimum Gasteiger partial charge on any atom is -0.459 e. The van der Waals surface area contributed by atoms with Crippen LogP contribution in [0.2, 0.25) is 0 Å². The summed E-state index contributed by atoms with van der Waals surface area (Å²) in [4.78, 5) is 24.0. The molecule has 0 bridgehead atoms. The Bertz CT molecular complexity index is 857. The Hall–Kier alpha value is -2.86. The van der Waals surface area contributed by atoms with Gasteiger partial charge >= 0.3 is 0 Å². The van der Waals surface area contributed by atoms with E-state index >= 15 is 0 Å². The molecule has 2 aromatic carbocycles. The molecule has 0 unspecified atom stereocenters. The van der Waals surface area contributed by atoms with Gasteiger partial charge in [-0.1, -0.05) is 28.1 Å². The van der Waals surface area contributed by atoms with Gasteiger partial charge in [-0.05, 0) is 54.1 Å². The Morgan fingerprint density at radius 3 is 2.12 bits per heavy atom. The number of hydrogen-bond acceptors (Lipinski definition) is 3. The predicted octanol–water partition coefficient (Wildman–Crippen LogP) is 4.48. The van der Waals surface area contributed by atoms with Crippen LogP contribution in [0.4, 0.5) is 11.4 Å². The first-order valence-electron chi connectivity index (χ1n) is 7.59. The van der Waals surface area contributed by atoms with Crippen LogP contribution < -0.4 is 10.6 Å². The van der Waals surface area contributed by atoms with Gasteiger partial charge in [-0.15, -0.1) is 0 Å². The SMILES string of the molecule is O=C(Cc1ccc(Br)cc1)Nc1ccc(NC(=O)c2ccco2)cc1. The molecule has 6 heteroatoms. The van der Waals surface area contributed by atoms with Gasteiger partial charge in [-0.2, -0.15) is 0 Å². The van der Waals surface area contributed by atoms with E-state index in [0.717, 1.165) is 10.0 Å². The van der Waals surface area contributed by atoms with E-state index < -0.39 is 0 Å². The molecule has 5 nitrogen and oxygen atoms in total. The number of carbonyl (C=O) groups is 2. The van der Waals surface area contributed by atoms with Crippen LogP contribution in [0.5, 0.6) is 0 Å². The number of hydrogen-bond donors (Lipinski definition) is 2. The van der Waals surface area contributed by atoms with Crippen LogP contribution in [0.15, 0.2) is 75.8 Å². The molecule has 0 saturated heterocycles. The van der Waals surface area contributed by atoms with Crippen molar-refractivity contribution >= 4 is 39.1 Å². The molecule has 0 fully saturated rings. The van der Waals surface area contributed by atoms with Crippen LogP contribution in [0, 0.1) is 0 Å². The van der Waals surface area contributed by atoms with Crippen LogP contribution in [0.3, 0.4) is 0 Å². The summed E-state index contributed by atoms with van der Waals surface area (Å²) < 4.78 is 6.01. The zero-order chi connectivity index (χ0) is 17.6. The minimum absolute atomic E-state index is 0.102. The molecule has 0 radical (unpaired) electrons. The second kappa shape index (κ2) is 7.81. The molecule has 0 aliphatic carbocycles. The highest BCUT2D eigenvalue weighted by atomic mass is 79.9. The number of halogens is 1. The maximum Gasteiger partial charge on any atom is 0.291 e. The fraction of sp³-hybridized carbons (Fsp3) is 0.0526. The van der Waals surface area contributed by atoms with Crippen molar-refractivity contribution in [2.45, 2.75) is 6.42 Å². The zero-order valence-electron chi connectivity index (χ0n) is 13.2. The van der Waals surface area contributed by atoms with Crippen molar-refractivity contribution in [2.75, 3.05) is 10.6 Å². The molecular formula is C19H15BrN2O3. The third kappa shape index (κ3) is 4.81. The van der Waals surface area contributed by atoms with Crippen molar-refractivity contribution < 1.29 is 14.0 Å². The quantitative estimate of drug-likeness (QED) is 0.665. The summed E-state index contributed by atoms with van der Waals surface area (Å²) in [6.07, 6.45) is 1.74. The van der Waals surface area contributed by atoms with E-state index in [4.69, 9.17) is 4.42 Å². The summed E-state index contributed by atoms with van der Waals surface area (Å²) in [5, 5.41) is 5.55. The van der Waals surface area contributed by atoms with Gasteiger partial charge in [0.25, 0.3) is 5.91 Å². The maximum absolute atomic E-state index is 12.1. The first-order valence-corrected chi connectivity index (χ1v) is 8.39. The highest BCUT2D eigenvalue weighted by Gasteiger charge is 2.09. The summed E-state index contributed by atoms with van der Waals surface area (Å²) in [5.41, 5.74) is 2.22. The first-order chi connectivity index (χ1) is 12.1. The van der Waals surface area contributed by atoms with Crippen LogP contribution in [0.1, 0.15) is 16.1 Å². The zero-order valence-corrected chi connectivity index (χ0v) is 14.7. The van der Waals surface area contributed by atoms with E-state index in [9.17, 15) is 9.59 Å². The minimum atomic E-state index is -0.322. The maximum atomic E-state index is 12.1. The lowest BCUT2D eigenvalue weighted by Gasteiger charge is -2.07. The lowest BCUT2D eigenvalue weighted by molar-refractivity contribution is -0.115. The topological polar surface area (TPSA) is 71.3 Å². The van der Waals surface area contributed by atoms with Gasteiger partial charge in [-0.3, -0.25) is 9.59 Å². The lowest BCUT2D eigenvalue weighted by Crippen LogP contribution is -2.14. The van der Waals surface area contributed by atoms with E-state index in [-0.39, 0.29) is 17.6 Å². The van der Waals surface area contributed by atoms with E-state index in [1.807, 2.05) is 24.3 Å². The number of nitrogens with one attached hydrogen (secondary N) is 2. The summed E-state index contributed by atoms with van der Waals surface area (Å²) in [5.74, 6) is -0.182. The van der Waals surface area contributed by atoms with Gasteiger partial charge in [-0.25, -0.2) is 0 Å². The second-order valence-electron chi connectivity index (χ2n) is 5.36. The average molecular weight is 399 g/mol. The molecule has 3 rings (SSSR count). The Morgan fingerprint density at radius 1 is 0.880 bits per heavy atom. The third-order valence-electron chi connectivity index (χ3n) is 3.45. The molecule has 1 heterocycles. The number of furan rings is 1. The molecule has 0 atom stereocenters. The summed E-state index contributed by atoms with van der Waals surface area (Å²) in [6.45, 7) is 0. The number of benzene rings is 2. The van der Waals surface area contributed by atoms with Gasteiger partial charge in [0.05, 0.1) is 12.7 Å². The molecule has 2 amide bonds. The van der Waals surface area contributed by atoms with Crippen LogP contribution >= 0.6 is 15.9 Å². The van der Waals surface area contributed by atoms with Gasteiger partial charge < -0.3 is 15.1 Å². The van der Waals surface area contributed by atoms with E-state index in [0.29, 0.717) is 17.8 Å². The van der Waals surface area contributed by atoms with E-state index in [2.05, 4.69) is 26.6 Å². The second-order valence-corrected chi connectivity index (χ2v) is 6.28. The molecule has 0 spiro atoms. The van der Waals surface area contributed by atoms with Crippen molar-refractivity contribution in [2.24, 2.45) is 0 Å². The van der Waals surface area contributed by atoms with Crippen molar-refractivity contribution in [3.05, 3.63) is 82.7 Å². The van der Waals surface area contributed by atoms with E-state index in [1.54, 1.807) is 36.4 Å². The van der Waals surface area contributed by atoms with Gasteiger partial charge in [0, 0.05) is 15.8 Å². The first kappa shape index (κ1) is 17.0. The van der Waals surface area contributed by atoms with E-state index in [1.165, 1.54) is 6.26 Å². The van der Waals surface area contributed by atoms with Crippen molar-refractivity contribution in [3.8, 4) is 0 Å². The molecule has 25 heavy (non-hydrogen) atoms. The van der Waals surface area contributed by atoms with Crippen molar-refractivity contribution in [3.63, 3.8) is 0 Å². The van der Waals surface area contributed by atoms with Crippen molar-refractivity contribution in [1.29, 1.82) is 0 Å². The molecule has 3 aromatic rings. The monoisotopic (exact) mass is 398 g/mol. The summed E-state index contributed by atoms with van der Waals surface area (Å²) >= 11 is 3.37. The molecule has 126 valence electrons. The number of anilines is 2. The fourth-order valence-electron chi connectivity index (χ4n) is 2.23. The molecule has 0 saturated carbocycles. The molecule has 2 N–H and O–H groups in total. The highest BCUT2D eigenvalue weighted by molar-refractivity contribution is 9.10. The fourth-order valence-corrected chi connectivity index (χ4v) is 2.49. The molecular weight excluding hydrogens is 384 g/mol. The lowest BCUT2D eigenvalue weighted by atomic mass is 10.1. The number of amides is 2. The number of carbonyl (C=O) groups excluding carboxylic acids is 2. The standard InChI is InChI=1S/C19H15BrN2O3/c20-14-5-3-13(4-6-14)12-18(23)21-15-7-9-16(10-8-15)22-19(24)17-2-1-11-25-17/h1-11H,12H2,(H,21,23)(H,22,24). The Morgan fingerprint density at radius 2 is 1.52 bits per heavy atom. The largest absolute Gasteiger partial charge is 0.459 e. The third-order valence-corrected chi connectivity index (χ3v) is 3.98. The Kier molecular flexibility index (Phi) is 5.30. The predicted molar refractivity (Wildman–Crippen MR) is 99.6 cm³/mol. The molecule has 1 aromatic heterocycles. The normalized spacial score (nSPS) is 10.3. The van der Waals surface area contributed by atoms with Crippen molar-refractivity contribution in [1.82, 2.24) is 0 Å². The Balaban J connectivity index is 1.56. The summed E-state index contributed by atoms with van der Waals surface area (Å²) in [7, 11) is 0. The molecule has 0 aliphatic rings. The van der Waals surface area contributed by atoms with Gasteiger partial charge in [0.1, 0.15) is 0 Å². The Labute approximate surface area is 153 Å². The number of rotatable bonds is 5. The molecule has 0 aliphatic heterocycles. The highest BCUT2D eigenvalue weighted by Crippen LogP contribution is 2.16. The smallest absolute Gasteiger partial charge is 0.291 e. The van der Waals surface area contributed by atoms with Gasteiger partial charge in [0.15, 0.2) is 5.76 Å². The average Bonchev–Trinajstić information content (AvgIpc) is 3.13. The van der Waals surface area contributed by atoms with Crippen LogP contribution in [0.25, 0.3) is 0 Å². The van der Waals surface area contributed by atoms with Crippen LogP contribution in [-0.4, -0.2) is 11.8 Å². The summed E-state index contributed by atoms with van der Waals surface area (Å²) in [6, 6.07) is 17.7. The van der Waals surface area contributed by atoms with Crippen LogP contribution in [-0.2, 0) is 11.2 Å². The van der Waals surface area contributed by atoms with Gasteiger partial charge in [0.2, 0.25) is 5.91 Å².